The first-order chi connectivity index (χ1) is 12.8. The summed E-state index contributed by atoms with van der Waals surface area (Å²) in [6, 6.07) is 14.0. The summed E-state index contributed by atoms with van der Waals surface area (Å²) in [4.78, 5) is 16.5. The molecule has 4 rings (SSSR count). The summed E-state index contributed by atoms with van der Waals surface area (Å²) < 4.78 is 0.946. The quantitative estimate of drug-likeness (QED) is 0.270. The van der Waals surface area contributed by atoms with Crippen molar-refractivity contribution >= 4 is 44.4 Å². The molecular formula is C22H21NOS3. The fourth-order valence-electron chi connectivity index (χ4n) is 3.69. The van der Waals surface area contributed by atoms with Crippen molar-refractivity contribution < 1.29 is 4.79 Å². The Morgan fingerprint density at radius 2 is 1.74 bits per heavy atom. The van der Waals surface area contributed by atoms with Crippen LogP contribution in [0.1, 0.15) is 40.2 Å². The Kier molecular flexibility index (Phi) is 4.57. The van der Waals surface area contributed by atoms with Crippen LogP contribution in [-0.2, 0) is 5.54 Å². The van der Waals surface area contributed by atoms with Gasteiger partial charge < -0.3 is 4.90 Å². The number of ketones is 1. The zero-order chi connectivity index (χ0) is 19.3. The molecule has 27 heavy (non-hydrogen) atoms. The highest BCUT2D eigenvalue weighted by atomic mass is 32.9. The van der Waals surface area contributed by atoms with Gasteiger partial charge in [-0.2, -0.15) is 0 Å². The molecule has 0 unspecified atom stereocenters. The van der Waals surface area contributed by atoms with Crippen molar-refractivity contribution in [1.82, 2.24) is 0 Å². The molecule has 2 aromatic carbocycles. The van der Waals surface area contributed by atoms with Crippen LogP contribution in [0.4, 0.5) is 5.69 Å². The summed E-state index contributed by atoms with van der Waals surface area (Å²) in [6.45, 7) is 9.00. The monoisotopic (exact) mass is 411 g/mol. The van der Waals surface area contributed by atoms with E-state index in [1.807, 2.05) is 30.3 Å². The number of carbonyl (C=O) groups is 1. The van der Waals surface area contributed by atoms with Gasteiger partial charge in [-0.1, -0.05) is 63.2 Å². The number of fused-ring (bicyclic) bond motifs is 3. The predicted molar refractivity (Wildman–Crippen MR) is 119 cm³/mol. The molecule has 0 spiro atoms. The topological polar surface area (TPSA) is 20.3 Å². The Labute approximate surface area is 172 Å². The van der Waals surface area contributed by atoms with Crippen molar-refractivity contribution in [2.75, 3.05) is 11.4 Å². The van der Waals surface area contributed by atoms with Crippen molar-refractivity contribution in [2.45, 2.75) is 33.2 Å². The van der Waals surface area contributed by atoms with Gasteiger partial charge in [-0.05, 0) is 51.0 Å². The lowest BCUT2D eigenvalue weighted by atomic mass is 9.85. The Bertz CT molecular complexity index is 1090. The summed E-state index contributed by atoms with van der Waals surface area (Å²) in [7, 11) is 3.40. The SMILES string of the molecule is Cc1cc2c(cc1C)N(CC(=O)c1ccccc1)C(C)(C)c1ssc(=S)c1-2. The van der Waals surface area contributed by atoms with E-state index >= 15 is 0 Å². The second-order valence-electron chi connectivity index (χ2n) is 7.55. The summed E-state index contributed by atoms with van der Waals surface area (Å²) >= 11 is 5.67. The molecule has 3 aromatic rings. The number of benzene rings is 2. The maximum Gasteiger partial charge on any atom is 0.182 e. The molecule has 1 aliphatic rings. The first-order valence-corrected chi connectivity index (χ1v) is 11.5. The van der Waals surface area contributed by atoms with Gasteiger partial charge in [0.15, 0.2) is 5.78 Å². The number of Topliss-reactive ketones (excluding diaryl/α,β-unsaturated/α-hetero) is 1. The van der Waals surface area contributed by atoms with E-state index in [9.17, 15) is 4.79 Å². The van der Waals surface area contributed by atoms with Gasteiger partial charge in [-0.3, -0.25) is 4.79 Å². The molecule has 0 bridgehead atoms. The van der Waals surface area contributed by atoms with Gasteiger partial charge in [-0.25, -0.2) is 0 Å². The van der Waals surface area contributed by atoms with Crippen molar-refractivity contribution in [3.05, 3.63) is 67.9 Å². The van der Waals surface area contributed by atoms with Crippen molar-refractivity contribution in [3.63, 3.8) is 0 Å². The highest BCUT2D eigenvalue weighted by Gasteiger charge is 2.40. The van der Waals surface area contributed by atoms with Gasteiger partial charge in [0.2, 0.25) is 0 Å². The number of rotatable bonds is 3. The minimum atomic E-state index is -0.285. The molecule has 138 valence electrons. The normalized spacial score (nSPS) is 14.6. The predicted octanol–water partition coefficient (Wildman–Crippen LogP) is 6.76. The van der Waals surface area contributed by atoms with Crippen molar-refractivity contribution in [1.29, 1.82) is 0 Å². The Hall–Kier alpha value is -1.82. The molecule has 0 saturated carbocycles. The highest BCUT2D eigenvalue weighted by Crippen LogP contribution is 2.52. The van der Waals surface area contributed by atoms with E-state index in [0.29, 0.717) is 6.54 Å². The van der Waals surface area contributed by atoms with Gasteiger partial charge in [0.1, 0.15) is 3.82 Å². The zero-order valence-corrected chi connectivity index (χ0v) is 18.3. The van der Waals surface area contributed by atoms with Crippen LogP contribution in [0.5, 0.6) is 0 Å². The lowest BCUT2D eigenvalue weighted by molar-refractivity contribution is 0.0993. The van der Waals surface area contributed by atoms with E-state index < -0.39 is 0 Å². The molecule has 1 aromatic heterocycles. The minimum absolute atomic E-state index is 0.134. The van der Waals surface area contributed by atoms with Gasteiger partial charge in [0, 0.05) is 22.4 Å². The second-order valence-corrected chi connectivity index (χ2v) is 10.4. The minimum Gasteiger partial charge on any atom is -0.353 e. The van der Waals surface area contributed by atoms with E-state index in [4.69, 9.17) is 12.2 Å². The van der Waals surface area contributed by atoms with Crippen LogP contribution >= 0.6 is 32.9 Å². The average Bonchev–Trinajstić information content (AvgIpc) is 3.04. The molecule has 0 radical (unpaired) electrons. The standard InChI is InChI=1S/C22H21NOS3/c1-13-10-16-17(11-14(13)2)23(12-18(24)15-8-6-5-7-9-15)22(3,4)20-19(16)21(25)27-26-20/h5-11H,12H2,1-4H3. The molecule has 5 heteroatoms. The van der Waals surface area contributed by atoms with E-state index in [2.05, 4.69) is 44.7 Å². The third-order valence-electron chi connectivity index (χ3n) is 5.43. The molecule has 0 saturated heterocycles. The van der Waals surface area contributed by atoms with E-state index in [1.165, 1.54) is 21.6 Å². The average molecular weight is 412 g/mol. The van der Waals surface area contributed by atoms with Gasteiger partial charge in [0.25, 0.3) is 0 Å². The van der Waals surface area contributed by atoms with Crippen LogP contribution in [-0.4, -0.2) is 12.3 Å². The number of hydrogen-bond donors (Lipinski definition) is 0. The van der Waals surface area contributed by atoms with Crippen LogP contribution in [0, 0.1) is 17.7 Å². The van der Waals surface area contributed by atoms with Crippen LogP contribution in [0.2, 0.25) is 0 Å². The van der Waals surface area contributed by atoms with Gasteiger partial charge in [-0.15, -0.1) is 0 Å². The van der Waals surface area contributed by atoms with E-state index in [-0.39, 0.29) is 11.3 Å². The third-order valence-corrected chi connectivity index (χ3v) is 8.76. The van der Waals surface area contributed by atoms with Gasteiger partial charge in [0.05, 0.1) is 17.0 Å². The number of aryl methyl sites for hydroxylation is 2. The second kappa shape index (κ2) is 6.66. The molecule has 0 aliphatic carbocycles. The number of anilines is 1. The Morgan fingerprint density at radius 1 is 1.07 bits per heavy atom. The summed E-state index contributed by atoms with van der Waals surface area (Å²) in [5, 5.41) is 0. The van der Waals surface area contributed by atoms with Crippen LogP contribution in [0.25, 0.3) is 11.1 Å². The van der Waals surface area contributed by atoms with Crippen molar-refractivity contribution in [3.8, 4) is 11.1 Å². The first kappa shape index (κ1) is 18.5. The molecule has 2 heterocycles. The number of hydrogen-bond acceptors (Lipinski definition) is 5. The fourth-order valence-corrected chi connectivity index (χ4v) is 6.99. The smallest absolute Gasteiger partial charge is 0.182 e. The Morgan fingerprint density at radius 3 is 2.44 bits per heavy atom. The largest absolute Gasteiger partial charge is 0.353 e. The highest BCUT2D eigenvalue weighted by molar-refractivity contribution is 7.80. The number of nitrogens with zero attached hydrogens (tertiary/aromatic N) is 1. The Balaban J connectivity index is 1.89. The molecule has 0 atom stereocenters. The van der Waals surface area contributed by atoms with E-state index in [1.54, 1.807) is 20.7 Å². The van der Waals surface area contributed by atoms with Crippen LogP contribution in [0.15, 0.2) is 42.5 Å². The first-order valence-electron chi connectivity index (χ1n) is 8.92. The molecule has 0 N–H and O–H groups in total. The summed E-state index contributed by atoms with van der Waals surface area (Å²) in [5.41, 5.74) is 6.41. The maximum atomic E-state index is 13.0. The van der Waals surface area contributed by atoms with Crippen LogP contribution in [0.3, 0.4) is 0 Å². The lowest BCUT2D eigenvalue weighted by Gasteiger charge is -2.44. The van der Waals surface area contributed by atoms with E-state index in [0.717, 1.165) is 20.6 Å². The molecular weight excluding hydrogens is 390 g/mol. The molecule has 0 fully saturated rings. The van der Waals surface area contributed by atoms with Gasteiger partial charge >= 0.3 is 0 Å². The maximum absolute atomic E-state index is 13.0. The summed E-state index contributed by atoms with van der Waals surface area (Å²) in [6.07, 6.45) is 0. The van der Waals surface area contributed by atoms with Crippen LogP contribution < -0.4 is 4.90 Å². The molecule has 1 aliphatic heterocycles. The third kappa shape index (κ3) is 2.98. The molecule has 2 nitrogen and oxygen atoms in total. The summed E-state index contributed by atoms with van der Waals surface area (Å²) in [5.74, 6) is 0.134. The molecule has 0 amide bonds. The number of carbonyl (C=O) groups excluding carboxylic acids is 1. The fraction of sp³-hybridized carbons (Fsp3) is 0.273. The lowest BCUT2D eigenvalue weighted by Crippen LogP contribution is -2.46. The van der Waals surface area contributed by atoms with Crippen molar-refractivity contribution in [2.24, 2.45) is 0 Å². The zero-order valence-electron chi connectivity index (χ0n) is 15.8.